The molecule has 7 aromatic rings. The SMILES string of the molecule is Cc1cc(C2=CCC3Nc4ccc(-c5cc(C)c(C)cc5N(c5ccccc5)c5ccccc5)cc4C3=C2)c(N(c2ccccc2)c2ccccc2)cc1C. The van der Waals surface area contributed by atoms with E-state index < -0.39 is 0 Å². The van der Waals surface area contributed by atoms with Crippen molar-refractivity contribution >= 4 is 51.0 Å². The van der Waals surface area contributed by atoms with Crippen LogP contribution < -0.4 is 15.1 Å². The summed E-state index contributed by atoms with van der Waals surface area (Å²) in [5.41, 5.74) is 20.8. The molecule has 3 nitrogen and oxygen atoms in total. The summed E-state index contributed by atoms with van der Waals surface area (Å²) in [5.74, 6) is 0. The molecular formula is C52H45N3. The molecule has 0 radical (unpaired) electrons. The molecule has 268 valence electrons. The summed E-state index contributed by atoms with van der Waals surface area (Å²) in [4.78, 5) is 4.79. The lowest BCUT2D eigenvalue weighted by Gasteiger charge is -2.30. The van der Waals surface area contributed by atoms with Crippen LogP contribution in [0.15, 0.2) is 176 Å². The molecule has 1 N–H and O–H groups in total. The van der Waals surface area contributed by atoms with Gasteiger partial charge in [0.25, 0.3) is 0 Å². The molecule has 7 aromatic carbocycles. The predicted molar refractivity (Wildman–Crippen MR) is 235 cm³/mol. The van der Waals surface area contributed by atoms with Gasteiger partial charge in [-0.25, -0.2) is 0 Å². The van der Waals surface area contributed by atoms with Gasteiger partial charge in [-0.15, -0.1) is 0 Å². The van der Waals surface area contributed by atoms with Crippen LogP contribution in [0.3, 0.4) is 0 Å². The summed E-state index contributed by atoms with van der Waals surface area (Å²) >= 11 is 0. The van der Waals surface area contributed by atoms with Gasteiger partial charge in [0.2, 0.25) is 0 Å². The molecule has 0 bridgehead atoms. The van der Waals surface area contributed by atoms with Gasteiger partial charge in [-0.1, -0.05) is 84.9 Å². The Labute approximate surface area is 325 Å². The summed E-state index contributed by atoms with van der Waals surface area (Å²) in [6.07, 6.45) is 5.79. The first kappa shape index (κ1) is 34.2. The zero-order valence-corrected chi connectivity index (χ0v) is 31.9. The lowest BCUT2D eigenvalue weighted by molar-refractivity contribution is 0.931. The number of fused-ring (bicyclic) bond motifs is 3. The molecule has 0 amide bonds. The Balaban J connectivity index is 1.17. The highest BCUT2D eigenvalue weighted by molar-refractivity contribution is 6.00. The van der Waals surface area contributed by atoms with Crippen LogP contribution in [0.5, 0.6) is 0 Å². The van der Waals surface area contributed by atoms with Crippen molar-refractivity contribution in [1.29, 1.82) is 0 Å². The van der Waals surface area contributed by atoms with Gasteiger partial charge < -0.3 is 15.1 Å². The van der Waals surface area contributed by atoms with Crippen LogP contribution in [-0.2, 0) is 0 Å². The van der Waals surface area contributed by atoms with E-state index in [-0.39, 0.29) is 6.04 Å². The predicted octanol–water partition coefficient (Wildman–Crippen LogP) is 14.2. The van der Waals surface area contributed by atoms with E-state index in [4.69, 9.17) is 0 Å². The molecule has 1 atom stereocenters. The van der Waals surface area contributed by atoms with Crippen molar-refractivity contribution in [2.45, 2.75) is 40.2 Å². The zero-order valence-electron chi connectivity index (χ0n) is 31.9. The van der Waals surface area contributed by atoms with E-state index in [0.29, 0.717) is 0 Å². The number of aryl methyl sites for hydroxylation is 4. The maximum atomic E-state index is 3.87. The lowest BCUT2D eigenvalue weighted by atomic mass is 9.86. The molecule has 1 aliphatic carbocycles. The van der Waals surface area contributed by atoms with Crippen molar-refractivity contribution in [3.8, 4) is 11.1 Å². The number of para-hydroxylation sites is 4. The number of hydrogen-bond donors (Lipinski definition) is 1. The monoisotopic (exact) mass is 711 g/mol. The number of allylic oxidation sites excluding steroid dienone is 2. The molecule has 0 saturated carbocycles. The van der Waals surface area contributed by atoms with Gasteiger partial charge >= 0.3 is 0 Å². The van der Waals surface area contributed by atoms with E-state index in [1.807, 2.05) is 0 Å². The van der Waals surface area contributed by atoms with Crippen molar-refractivity contribution in [1.82, 2.24) is 0 Å². The fourth-order valence-corrected chi connectivity index (χ4v) is 8.15. The second-order valence-electron chi connectivity index (χ2n) is 14.9. The van der Waals surface area contributed by atoms with E-state index >= 15 is 0 Å². The summed E-state index contributed by atoms with van der Waals surface area (Å²) in [5, 5.41) is 3.87. The molecule has 2 aliphatic rings. The first-order valence-corrected chi connectivity index (χ1v) is 19.3. The third-order valence-corrected chi connectivity index (χ3v) is 11.3. The average molecular weight is 712 g/mol. The minimum Gasteiger partial charge on any atom is -0.377 e. The molecular weight excluding hydrogens is 667 g/mol. The molecule has 55 heavy (non-hydrogen) atoms. The van der Waals surface area contributed by atoms with Crippen molar-refractivity contribution < 1.29 is 0 Å². The Hall–Kier alpha value is -6.58. The Bertz CT molecular complexity index is 2490. The van der Waals surface area contributed by atoms with Gasteiger partial charge in [-0.2, -0.15) is 0 Å². The second-order valence-corrected chi connectivity index (χ2v) is 14.9. The standard InChI is InChI=1S/C52H45N3/c1-35-29-45(51(31-37(35)3)54(41-17-9-5-10-18-41)42-19-11-6-12-20-42)39-25-27-49-47(33-39)48-34-40(26-28-50(48)53-49)46-30-36(2)38(4)32-52(46)55(43-21-13-7-14-22-43)44-23-15-8-16-24-44/h5-27,29-34,50,53H,28H2,1-4H3. The summed E-state index contributed by atoms with van der Waals surface area (Å²) < 4.78 is 0. The van der Waals surface area contributed by atoms with E-state index in [1.165, 1.54) is 72.7 Å². The molecule has 1 unspecified atom stereocenters. The topological polar surface area (TPSA) is 18.5 Å². The van der Waals surface area contributed by atoms with Gasteiger partial charge in [0.15, 0.2) is 0 Å². The molecule has 1 aliphatic heterocycles. The second kappa shape index (κ2) is 14.3. The highest BCUT2D eigenvalue weighted by Crippen LogP contribution is 2.48. The normalized spacial score (nSPS) is 14.3. The van der Waals surface area contributed by atoms with E-state index in [9.17, 15) is 0 Å². The van der Waals surface area contributed by atoms with Crippen molar-refractivity contribution in [3.63, 3.8) is 0 Å². The van der Waals surface area contributed by atoms with E-state index in [1.54, 1.807) is 0 Å². The third-order valence-electron chi connectivity index (χ3n) is 11.3. The Morgan fingerprint density at radius 1 is 0.455 bits per heavy atom. The molecule has 0 aromatic heterocycles. The Kier molecular flexibility index (Phi) is 8.92. The molecule has 9 rings (SSSR count). The molecule has 1 heterocycles. The Morgan fingerprint density at radius 3 is 1.38 bits per heavy atom. The third kappa shape index (κ3) is 6.42. The highest BCUT2D eigenvalue weighted by atomic mass is 15.1. The quantitative estimate of drug-likeness (QED) is 0.169. The highest BCUT2D eigenvalue weighted by Gasteiger charge is 2.30. The first-order valence-electron chi connectivity index (χ1n) is 19.3. The van der Waals surface area contributed by atoms with E-state index in [0.717, 1.165) is 29.2 Å². The summed E-state index contributed by atoms with van der Waals surface area (Å²) in [7, 11) is 0. The van der Waals surface area contributed by atoms with Gasteiger partial charge in [-0.3, -0.25) is 0 Å². The molecule has 0 spiro atoms. The molecule has 0 saturated heterocycles. The van der Waals surface area contributed by atoms with Gasteiger partial charge in [0.05, 0.1) is 17.4 Å². The number of nitrogens with one attached hydrogen (secondary N) is 1. The van der Waals surface area contributed by atoms with Gasteiger partial charge in [0.1, 0.15) is 0 Å². The average Bonchev–Trinajstić information content (AvgIpc) is 3.59. The number of anilines is 7. The molecule has 3 heteroatoms. The number of benzene rings is 7. The fourth-order valence-electron chi connectivity index (χ4n) is 8.15. The summed E-state index contributed by atoms with van der Waals surface area (Å²) in [6.45, 7) is 8.88. The van der Waals surface area contributed by atoms with Crippen LogP contribution in [0.2, 0.25) is 0 Å². The maximum Gasteiger partial charge on any atom is 0.0555 e. The van der Waals surface area contributed by atoms with Crippen LogP contribution in [0, 0.1) is 27.7 Å². The van der Waals surface area contributed by atoms with Crippen molar-refractivity contribution in [2.75, 3.05) is 15.1 Å². The minimum atomic E-state index is 0.229. The van der Waals surface area contributed by atoms with Crippen molar-refractivity contribution in [3.05, 3.63) is 209 Å². The maximum absolute atomic E-state index is 3.87. The zero-order chi connectivity index (χ0) is 37.5. The van der Waals surface area contributed by atoms with Crippen LogP contribution in [0.1, 0.15) is 39.8 Å². The first-order chi connectivity index (χ1) is 26.9. The lowest BCUT2D eigenvalue weighted by Crippen LogP contribution is -2.17. The largest absolute Gasteiger partial charge is 0.377 e. The van der Waals surface area contributed by atoms with Gasteiger partial charge in [0, 0.05) is 45.1 Å². The van der Waals surface area contributed by atoms with E-state index in [2.05, 4.69) is 219 Å². The van der Waals surface area contributed by atoms with Gasteiger partial charge in [-0.05, 0) is 164 Å². The molecule has 0 fully saturated rings. The number of nitrogens with zero attached hydrogens (tertiary/aromatic N) is 2. The number of hydrogen-bond acceptors (Lipinski definition) is 3. The smallest absolute Gasteiger partial charge is 0.0555 e. The minimum absolute atomic E-state index is 0.229. The number of rotatable bonds is 8. The van der Waals surface area contributed by atoms with Crippen molar-refractivity contribution in [2.24, 2.45) is 0 Å². The summed E-state index contributed by atoms with van der Waals surface area (Å²) in [6, 6.07) is 59.6. The fraction of sp³-hybridized carbons (Fsp3) is 0.115. The van der Waals surface area contributed by atoms with Crippen LogP contribution in [0.25, 0.3) is 22.3 Å². The van der Waals surface area contributed by atoms with Crippen LogP contribution in [0.4, 0.5) is 39.8 Å². The van der Waals surface area contributed by atoms with Crippen LogP contribution >= 0.6 is 0 Å². The Morgan fingerprint density at radius 2 is 0.891 bits per heavy atom. The van der Waals surface area contributed by atoms with Crippen LogP contribution in [-0.4, -0.2) is 6.04 Å².